The number of hydrogen-bond acceptors (Lipinski definition) is 3. The third-order valence-electron chi connectivity index (χ3n) is 3.99. The molecule has 2 unspecified atom stereocenters. The number of aliphatic hydroxyl groups excluding tert-OH is 1. The molecule has 0 spiro atoms. The summed E-state index contributed by atoms with van der Waals surface area (Å²) in [6, 6.07) is 0.0307. The lowest BCUT2D eigenvalue weighted by Gasteiger charge is -2.43. The molecule has 0 aromatic heterocycles. The lowest BCUT2D eigenvalue weighted by molar-refractivity contribution is -0.141. The van der Waals surface area contributed by atoms with Crippen LogP contribution in [0.2, 0.25) is 0 Å². The SMILES string of the molecule is CC(CO)NCC1(CC(=O)O)C[C@H](C)C[C@H](C)C1.Cl. The van der Waals surface area contributed by atoms with Crippen LogP contribution in [-0.2, 0) is 4.79 Å². The van der Waals surface area contributed by atoms with Gasteiger partial charge in [0.25, 0.3) is 0 Å². The van der Waals surface area contributed by atoms with Gasteiger partial charge >= 0.3 is 5.97 Å². The average Bonchev–Trinajstić information content (AvgIpc) is 2.23. The summed E-state index contributed by atoms with van der Waals surface area (Å²) in [5, 5.41) is 21.5. The van der Waals surface area contributed by atoms with E-state index in [4.69, 9.17) is 10.2 Å². The summed E-state index contributed by atoms with van der Waals surface area (Å²) in [6.07, 6.45) is 3.35. The fourth-order valence-corrected chi connectivity index (χ4v) is 3.54. The molecule has 0 saturated heterocycles. The lowest BCUT2D eigenvalue weighted by Crippen LogP contribution is -2.45. The van der Waals surface area contributed by atoms with Crippen LogP contribution in [0.4, 0.5) is 0 Å². The maximum Gasteiger partial charge on any atom is 0.303 e. The van der Waals surface area contributed by atoms with Crippen LogP contribution in [0.15, 0.2) is 0 Å². The minimum absolute atomic E-state index is 0. The molecule has 3 N–H and O–H groups in total. The van der Waals surface area contributed by atoms with Gasteiger partial charge in [0.15, 0.2) is 0 Å². The summed E-state index contributed by atoms with van der Waals surface area (Å²) in [5.41, 5.74) is -0.146. The van der Waals surface area contributed by atoms with Gasteiger partial charge in [-0.2, -0.15) is 0 Å². The fourth-order valence-electron chi connectivity index (χ4n) is 3.54. The topological polar surface area (TPSA) is 69.6 Å². The van der Waals surface area contributed by atoms with E-state index in [1.807, 2.05) is 6.92 Å². The third kappa shape index (κ3) is 6.11. The maximum atomic E-state index is 11.1. The highest BCUT2D eigenvalue weighted by molar-refractivity contribution is 5.85. The van der Waals surface area contributed by atoms with Crippen LogP contribution >= 0.6 is 12.4 Å². The number of rotatable bonds is 6. The van der Waals surface area contributed by atoms with Crippen LogP contribution in [0.3, 0.4) is 0 Å². The Balaban J connectivity index is 0.00000324. The Kier molecular flexibility index (Phi) is 7.94. The van der Waals surface area contributed by atoms with Crippen LogP contribution < -0.4 is 5.32 Å². The molecule has 114 valence electrons. The molecule has 5 heteroatoms. The molecule has 0 radical (unpaired) electrons. The molecule has 0 heterocycles. The number of aliphatic carboxylic acids is 1. The minimum Gasteiger partial charge on any atom is -0.481 e. The monoisotopic (exact) mass is 293 g/mol. The van der Waals surface area contributed by atoms with Gasteiger partial charge in [-0.25, -0.2) is 0 Å². The highest BCUT2D eigenvalue weighted by Gasteiger charge is 2.39. The van der Waals surface area contributed by atoms with E-state index in [0.29, 0.717) is 18.4 Å². The standard InChI is InChI=1S/C14H27NO3.ClH/c1-10-4-11(2)6-14(5-10,7-13(17)18)9-15-12(3)8-16;/h10-12,15-16H,4-9H2,1-3H3,(H,17,18);1H/t10-,11+,12?,14?;. The van der Waals surface area contributed by atoms with E-state index in [-0.39, 0.29) is 36.9 Å². The Hall–Kier alpha value is -0.320. The van der Waals surface area contributed by atoms with Crippen molar-refractivity contribution in [3.8, 4) is 0 Å². The molecule has 1 aliphatic rings. The van der Waals surface area contributed by atoms with Crippen molar-refractivity contribution in [3.05, 3.63) is 0 Å². The number of carbonyl (C=O) groups is 1. The number of halogens is 1. The van der Waals surface area contributed by atoms with E-state index in [9.17, 15) is 4.79 Å². The van der Waals surface area contributed by atoms with Crippen molar-refractivity contribution in [3.63, 3.8) is 0 Å². The second-order valence-electron chi connectivity index (χ2n) is 6.39. The van der Waals surface area contributed by atoms with Crippen molar-refractivity contribution in [2.75, 3.05) is 13.2 Å². The van der Waals surface area contributed by atoms with Gasteiger partial charge < -0.3 is 15.5 Å². The highest BCUT2D eigenvalue weighted by atomic mass is 35.5. The molecule has 19 heavy (non-hydrogen) atoms. The molecule has 0 bridgehead atoms. The number of nitrogens with one attached hydrogen (secondary N) is 1. The van der Waals surface area contributed by atoms with Crippen molar-refractivity contribution in [1.29, 1.82) is 0 Å². The summed E-state index contributed by atoms with van der Waals surface area (Å²) in [6.45, 7) is 7.12. The molecule has 4 nitrogen and oxygen atoms in total. The fraction of sp³-hybridized carbons (Fsp3) is 0.929. The van der Waals surface area contributed by atoms with Gasteiger partial charge in [-0.05, 0) is 43.4 Å². The van der Waals surface area contributed by atoms with E-state index in [1.54, 1.807) is 0 Å². The molecule has 0 amide bonds. The normalized spacial score (nSPS) is 32.4. The smallest absolute Gasteiger partial charge is 0.303 e. The Labute approximate surface area is 122 Å². The lowest BCUT2D eigenvalue weighted by atomic mass is 9.64. The molecule has 0 aromatic carbocycles. The molecule has 1 saturated carbocycles. The number of aliphatic hydroxyl groups is 1. The molecule has 0 aliphatic heterocycles. The second kappa shape index (κ2) is 8.08. The van der Waals surface area contributed by atoms with E-state index in [2.05, 4.69) is 19.2 Å². The molecule has 4 atom stereocenters. The zero-order valence-electron chi connectivity index (χ0n) is 12.2. The van der Waals surface area contributed by atoms with Gasteiger partial charge in [-0.1, -0.05) is 13.8 Å². The molecular weight excluding hydrogens is 266 g/mol. The van der Waals surface area contributed by atoms with E-state index < -0.39 is 5.97 Å². The zero-order valence-corrected chi connectivity index (χ0v) is 13.0. The quantitative estimate of drug-likeness (QED) is 0.703. The maximum absolute atomic E-state index is 11.1. The predicted molar refractivity (Wildman–Crippen MR) is 78.7 cm³/mol. The van der Waals surface area contributed by atoms with Crippen molar-refractivity contribution in [2.24, 2.45) is 17.3 Å². The number of carboxylic acid groups (broad SMARTS) is 1. The molecule has 1 fully saturated rings. The summed E-state index contributed by atoms with van der Waals surface area (Å²) in [7, 11) is 0. The van der Waals surface area contributed by atoms with Crippen LogP contribution in [-0.4, -0.2) is 35.4 Å². The van der Waals surface area contributed by atoms with Crippen LogP contribution in [0, 0.1) is 17.3 Å². The first kappa shape index (κ1) is 18.7. The van der Waals surface area contributed by atoms with Gasteiger partial charge in [0, 0.05) is 12.6 Å². The van der Waals surface area contributed by atoms with Crippen LogP contribution in [0.1, 0.15) is 46.5 Å². The summed E-state index contributed by atoms with van der Waals surface area (Å²) < 4.78 is 0. The Bertz CT molecular complexity index is 276. The third-order valence-corrected chi connectivity index (χ3v) is 3.99. The highest BCUT2D eigenvalue weighted by Crippen LogP contribution is 2.44. The molecular formula is C14H28ClNO3. The predicted octanol–water partition coefficient (Wildman–Crippen LogP) is 2.30. The molecule has 1 rings (SSSR count). The van der Waals surface area contributed by atoms with E-state index >= 15 is 0 Å². The number of carboxylic acids is 1. The first-order chi connectivity index (χ1) is 8.37. The first-order valence-electron chi connectivity index (χ1n) is 6.93. The van der Waals surface area contributed by atoms with Crippen LogP contribution in [0.25, 0.3) is 0 Å². The summed E-state index contributed by atoms with van der Waals surface area (Å²) >= 11 is 0. The van der Waals surface area contributed by atoms with Crippen molar-refractivity contribution < 1.29 is 15.0 Å². The van der Waals surface area contributed by atoms with Crippen molar-refractivity contribution >= 4 is 18.4 Å². The largest absolute Gasteiger partial charge is 0.481 e. The molecule has 0 aromatic rings. The average molecular weight is 294 g/mol. The Morgan fingerprint density at radius 3 is 2.32 bits per heavy atom. The van der Waals surface area contributed by atoms with E-state index in [0.717, 1.165) is 12.8 Å². The van der Waals surface area contributed by atoms with Crippen molar-refractivity contribution in [2.45, 2.75) is 52.5 Å². The van der Waals surface area contributed by atoms with Gasteiger partial charge in [-0.15, -0.1) is 12.4 Å². The second-order valence-corrected chi connectivity index (χ2v) is 6.39. The summed E-state index contributed by atoms with van der Waals surface area (Å²) in [5.74, 6) is 0.452. The van der Waals surface area contributed by atoms with Gasteiger partial charge in [0.2, 0.25) is 0 Å². The van der Waals surface area contributed by atoms with Crippen LogP contribution in [0.5, 0.6) is 0 Å². The number of hydrogen-bond donors (Lipinski definition) is 3. The van der Waals surface area contributed by atoms with Gasteiger partial charge in [-0.3, -0.25) is 4.79 Å². The van der Waals surface area contributed by atoms with E-state index in [1.165, 1.54) is 6.42 Å². The van der Waals surface area contributed by atoms with Gasteiger partial charge in [0.05, 0.1) is 13.0 Å². The summed E-state index contributed by atoms with van der Waals surface area (Å²) in [4.78, 5) is 11.1. The Morgan fingerprint density at radius 1 is 1.37 bits per heavy atom. The van der Waals surface area contributed by atoms with Crippen molar-refractivity contribution in [1.82, 2.24) is 5.32 Å². The first-order valence-corrected chi connectivity index (χ1v) is 6.93. The van der Waals surface area contributed by atoms with Gasteiger partial charge in [0.1, 0.15) is 0 Å². The molecule has 1 aliphatic carbocycles. The zero-order chi connectivity index (χ0) is 13.8. The minimum atomic E-state index is -0.713. The Morgan fingerprint density at radius 2 is 1.89 bits per heavy atom.